The highest BCUT2D eigenvalue weighted by Crippen LogP contribution is 2.18. The molecule has 27 heavy (non-hydrogen) atoms. The quantitative estimate of drug-likeness (QED) is 0.743. The Bertz CT molecular complexity index is 985. The first kappa shape index (κ1) is 18.4. The zero-order chi connectivity index (χ0) is 19.6. The van der Waals surface area contributed by atoms with Gasteiger partial charge in [0.05, 0.1) is 12.6 Å². The highest BCUT2D eigenvalue weighted by Gasteiger charge is 2.24. The van der Waals surface area contributed by atoms with Crippen molar-refractivity contribution in [1.29, 1.82) is 0 Å². The summed E-state index contributed by atoms with van der Waals surface area (Å²) in [4.78, 5) is 29.7. The van der Waals surface area contributed by atoms with Gasteiger partial charge in [-0.2, -0.15) is 0 Å². The number of pyridine rings is 1. The number of anilines is 1. The van der Waals surface area contributed by atoms with Gasteiger partial charge in [-0.1, -0.05) is 6.07 Å². The topological polar surface area (TPSA) is 84.7 Å². The predicted octanol–water partition coefficient (Wildman–Crippen LogP) is 3.12. The molecule has 0 aliphatic carbocycles. The minimum absolute atomic E-state index is 0.167. The molecule has 0 unspecified atom stereocenters. The van der Waals surface area contributed by atoms with Crippen molar-refractivity contribution < 1.29 is 14.3 Å². The maximum Gasteiger partial charge on any atom is 0.288 e. The SMILES string of the molecule is COc1ccc(NC(=O)c2nc(C(=O)NC(C)(C)C)n3ccccc23)cc1. The first-order valence-corrected chi connectivity index (χ1v) is 8.53. The van der Waals surface area contributed by atoms with Crippen LogP contribution in [0.2, 0.25) is 0 Å². The van der Waals surface area contributed by atoms with Crippen molar-refractivity contribution in [1.82, 2.24) is 14.7 Å². The Morgan fingerprint density at radius 1 is 1.04 bits per heavy atom. The summed E-state index contributed by atoms with van der Waals surface area (Å²) in [7, 11) is 1.58. The average Bonchev–Trinajstić information content (AvgIpc) is 3.01. The van der Waals surface area contributed by atoms with Crippen LogP contribution >= 0.6 is 0 Å². The molecule has 0 saturated heterocycles. The lowest BCUT2D eigenvalue weighted by molar-refractivity contribution is 0.0908. The van der Waals surface area contributed by atoms with Crippen molar-refractivity contribution in [2.24, 2.45) is 0 Å². The molecular formula is C20H22N4O3. The molecule has 0 fully saturated rings. The molecule has 3 aromatic rings. The minimum Gasteiger partial charge on any atom is -0.497 e. The standard InChI is InChI=1S/C20H22N4O3/c1-20(2,3)23-19(26)17-22-16(15-7-5-6-12-24(15)17)18(25)21-13-8-10-14(27-4)11-9-13/h5-12H,1-4H3,(H,21,25)(H,23,26). The molecule has 2 amide bonds. The number of nitrogens with one attached hydrogen (secondary N) is 2. The number of benzene rings is 1. The Morgan fingerprint density at radius 3 is 2.37 bits per heavy atom. The van der Waals surface area contributed by atoms with Crippen molar-refractivity contribution in [3.8, 4) is 5.75 Å². The van der Waals surface area contributed by atoms with Crippen LogP contribution in [0.4, 0.5) is 5.69 Å². The summed E-state index contributed by atoms with van der Waals surface area (Å²) in [6.45, 7) is 5.66. The first-order chi connectivity index (χ1) is 12.8. The number of carbonyl (C=O) groups is 2. The molecule has 2 N–H and O–H groups in total. The van der Waals surface area contributed by atoms with E-state index in [4.69, 9.17) is 4.74 Å². The largest absolute Gasteiger partial charge is 0.497 e. The number of hydrogen-bond donors (Lipinski definition) is 2. The van der Waals surface area contributed by atoms with E-state index in [1.807, 2.05) is 20.8 Å². The smallest absolute Gasteiger partial charge is 0.288 e. The molecule has 0 aliphatic rings. The van der Waals surface area contributed by atoms with Crippen LogP contribution in [-0.2, 0) is 0 Å². The Labute approximate surface area is 157 Å². The van der Waals surface area contributed by atoms with E-state index in [-0.39, 0.29) is 17.4 Å². The minimum atomic E-state index is -0.413. The number of nitrogens with zero attached hydrogens (tertiary/aromatic N) is 2. The summed E-state index contributed by atoms with van der Waals surface area (Å²) in [5.74, 6) is 0.132. The van der Waals surface area contributed by atoms with Crippen LogP contribution in [0.15, 0.2) is 48.7 Å². The van der Waals surface area contributed by atoms with Crippen molar-refractivity contribution in [2.45, 2.75) is 26.3 Å². The Hall–Kier alpha value is -3.35. The average molecular weight is 366 g/mol. The second-order valence-electron chi connectivity index (χ2n) is 7.13. The number of fused-ring (bicyclic) bond motifs is 1. The van der Waals surface area contributed by atoms with Crippen molar-refractivity contribution in [3.05, 3.63) is 60.2 Å². The van der Waals surface area contributed by atoms with Gasteiger partial charge < -0.3 is 15.4 Å². The zero-order valence-electron chi connectivity index (χ0n) is 15.7. The second kappa shape index (κ2) is 7.11. The number of imidazole rings is 1. The van der Waals surface area contributed by atoms with E-state index in [2.05, 4.69) is 15.6 Å². The molecule has 1 aromatic carbocycles. The van der Waals surface area contributed by atoms with E-state index in [0.717, 1.165) is 0 Å². The molecule has 7 nitrogen and oxygen atoms in total. The number of hydrogen-bond acceptors (Lipinski definition) is 4. The van der Waals surface area contributed by atoms with Gasteiger partial charge in [-0.05, 0) is 57.2 Å². The summed E-state index contributed by atoms with van der Waals surface area (Å²) in [5.41, 5.74) is 0.940. The van der Waals surface area contributed by atoms with E-state index < -0.39 is 11.4 Å². The van der Waals surface area contributed by atoms with Crippen LogP contribution in [0, 0.1) is 0 Å². The van der Waals surface area contributed by atoms with Gasteiger partial charge >= 0.3 is 0 Å². The third-order valence-corrected chi connectivity index (χ3v) is 3.80. The molecule has 7 heteroatoms. The number of amides is 2. The highest BCUT2D eigenvalue weighted by molar-refractivity contribution is 6.09. The van der Waals surface area contributed by atoms with Gasteiger partial charge in [-0.3, -0.25) is 14.0 Å². The van der Waals surface area contributed by atoms with Crippen molar-refractivity contribution in [2.75, 3.05) is 12.4 Å². The van der Waals surface area contributed by atoms with E-state index >= 15 is 0 Å². The van der Waals surface area contributed by atoms with Crippen LogP contribution < -0.4 is 15.4 Å². The highest BCUT2D eigenvalue weighted by atomic mass is 16.5. The maximum absolute atomic E-state index is 12.8. The summed E-state index contributed by atoms with van der Waals surface area (Å²) in [6.07, 6.45) is 1.71. The number of carbonyl (C=O) groups excluding carboxylic acids is 2. The maximum atomic E-state index is 12.8. The van der Waals surface area contributed by atoms with Crippen LogP contribution in [0.1, 0.15) is 41.9 Å². The van der Waals surface area contributed by atoms with Crippen molar-refractivity contribution in [3.63, 3.8) is 0 Å². The predicted molar refractivity (Wildman–Crippen MR) is 103 cm³/mol. The Morgan fingerprint density at radius 2 is 1.74 bits per heavy atom. The van der Waals surface area contributed by atoms with E-state index in [0.29, 0.717) is 17.0 Å². The molecule has 0 radical (unpaired) electrons. The van der Waals surface area contributed by atoms with E-state index in [1.165, 1.54) is 0 Å². The zero-order valence-corrected chi connectivity index (χ0v) is 15.7. The molecule has 0 bridgehead atoms. The number of rotatable bonds is 4. The van der Waals surface area contributed by atoms with Crippen molar-refractivity contribution >= 4 is 23.0 Å². The summed E-state index contributed by atoms with van der Waals surface area (Å²) in [6, 6.07) is 12.3. The molecular weight excluding hydrogens is 344 g/mol. The number of ether oxygens (including phenoxy) is 1. The number of methoxy groups -OCH3 is 1. The number of aromatic nitrogens is 2. The van der Waals surface area contributed by atoms with Gasteiger partial charge in [-0.25, -0.2) is 4.98 Å². The molecule has 0 saturated carbocycles. The monoisotopic (exact) mass is 366 g/mol. The summed E-state index contributed by atoms with van der Waals surface area (Å²) >= 11 is 0. The lowest BCUT2D eigenvalue weighted by Gasteiger charge is -2.19. The first-order valence-electron chi connectivity index (χ1n) is 8.53. The lowest BCUT2D eigenvalue weighted by Crippen LogP contribution is -2.41. The third kappa shape index (κ3) is 4.08. The fraction of sp³-hybridized carbons (Fsp3) is 0.250. The molecule has 0 atom stereocenters. The van der Waals surface area contributed by atoms with Gasteiger partial charge in [-0.15, -0.1) is 0 Å². The summed E-state index contributed by atoms with van der Waals surface area (Å²) < 4.78 is 6.73. The lowest BCUT2D eigenvalue weighted by atomic mass is 10.1. The van der Waals surface area contributed by atoms with E-state index in [1.54, 1.807) is 60.2 Å². The molecule has 2 heterocycles. The van der Waals surface area contributed by atoms with Gasteiger partial charge in [0.15, 0.2) is 5.69 Å². The van der Waals surface area contributed by atoms with Gasteiger partial charge in [0, 0.05) is 17.4 Å². The fourth-order valence-corrected chi connectivity index (χ4v) is 2.63. The van der Waals surface area contributed by atoms with Gasteiger partial charge in [0.2, 0.25) is 5.82 Å². The van der Waals surface area contributed by atoms with Crippen LogP contribution in [0.5, 0.6) is 5.75 Å². The van der Waals surface area contributed by atoms with Gasteiger partial charge in [0.1, 0.15) is 5.75 Å². The van der Waals surface area contributed by atoms with Gasteiger partial charge in [0.25, 0.3) is 11.8 Å². The molecule has 0 spiro atoms. The van der Waals surface area contributed by atoms with Crippen LogP contribution in [0.25, 0.3) is 5.52 Å². The molecule has 0 aliphatic heterocycles. The fourth-order valence-electron chi connectivity index (χ4n) is 2.63. The van der Waals surface area contributed by atoms with E-state index in [9.17, 15) is 9.59 Å². The second-order valence-corrected chi connectivity index (χ2v) is 7.13. The summed E-state index contributed by atoms with van der Waals surface area (Å²) in [5, 5.41) is 5.67. The van der Waals surface area contributed by atoms with Crippen LogP contribution in [-0.4, -0.2) is 33.8 Å². The normalized spacial score (nSPS) is 11.3. The Balaban J connectivity index is 1.94. The third-order valence-electron chi connectivity index (χ3n) is 3.80. The molecule has 3 rings (SSSR count). The van der Waals surface area contributed by atoms with Crippen LogP contribution in [0.3, 0.4) is 0 Å². The molecule has 2 aromatic heterocycles. The Kier molecular flexibility index (Phi) is 4.85. The molecule has 140 valence electrons.